The third-order valence-electron chi connectivity index (χ3n) is 5.96. The van der Waals surface area contributed by atoms with Gasteiger partial charge in [-0.2, -0.15) is 17.0 Å². The van der Waals surface area contributed by atoms with E-state index in [2.05, 4.69) is 10.3 Å². The molecular weight excluding hydrogens is 460 g/mol. The lowest BCUT2D eigenvalue weighted by Crippen LogP contribution is -2.46. The quantitative estimate of drug-likeness (QED) is 0.403. The van der Waals surface area contributed by atoms with Crippen molar-refractivity contribution in [2.45, 2.75) is 19.4 Å². The molecule has 3 aromatic rings. The minimum absolute atomic E-state index is 0.00746. The monoisotopic (exact) mass is 486 g/mol. The molecule has 0 saturated carbocycles. The Morgan fingerprint density at radius 3 is 2.56 bits per heavy atom. The number of aromatic nitrogens is 2. The van der Waals surface area contributed by atoms with Crippen LogP contribution in [0.2, 0.25) is 0 Å². The lowest BCUT2D eigenvalue weighted by Gasteiger charge is -2.32. The van der Waals surface area contributed by atoms with Gasteiger partial charge in [0.05, 0.1) is 22.5 Å². The van der Waals surface area contributed by atoms with Crippen LogP contribution in [-0.2, 0) is 21.5 Å². The van der Waals surface area contributed by atoms with E-state index >= 15 is 0 Å². The second kappa shape index (κ2) is 9.49. The van der Waals surface area contributed by atoms with Crippen LogP contribution in [0.1, 0.15) is 18.4 Å². The number of nitro benzene ring substituents is 1. The van der Waals surface area contributed by atoms with E-state index in [-0.39, 0.29) is 37.1 Å². The largest absolute Gasteiger partial charge is 0.305 e. The average Bonchev–Trinajstić information content (AvgIpc) is 3.16. The molecule has 2 aromatic carbocycles. The zero-order valence-electron chi connectivity index (χ0n) is 18.9. The minimum Gasteiger partial charge on any atom is -0.305 e. The van der Waals surface area contributed by atoms with Crippen molar-refractivity contribution < 1.29 is 18.1 Å². The van der Waals surface area contributed by atoms with Gasteiger partial charge >= 0.3 is 0 Å². The summed E-state index contributed by atoms with van der Waals surface area (Å²) >= 11 is 0. The van der Waals surface area contributed by atoms with Gasteiger partial charge in [0.15, 0.2) is 0 Å². The highest BCUT2D eigenvalue weighted by molar-refractivity contribution is 7.86. The maximum absolute atomic E-state index is 13.1. The number of hydrogen-bond acceptors (Lipinski definition) is 6. The molecule has 1 aliphatic rings. The molecule has 1 N–H and O–H groups in total. The fraction of sp³-hybridized carbons (Fsp3) is 0.364. The summed E-state index contributed by atoms with van der Waals surface area (Å²) in [5.41, 5.74) is 2.17. The topological polar surface area (TPSA) is 131 Å². The number of rotatable bonds is 7. The van der Waals surface area contributed by atoms with Crippen molar-refractivity contribution >= 4 is 38.8 Å². The Kier molecular flexibility index (Phi) is 6.64. The van der Waals surface area contributed by atoms with E-state index in [1.165, 1.54) is 34.8 Å². The number of para-hydroxylation sites is 2. The lowest BCUT2D eigenvalue weighted by molar-refractivity contribution is -0.384. The van der Waals surface area contributed by atoms with Gasteiger partial charge in [0, 0.05) is 45.2 Å². The molecule has 11 nitrogen and oxygen atoms in total. The van der Waals surface area contributed by atoms with Gasteiger partial charge in [-0.15, -0.1) is 0 Å². The van der Waals surface area contributed by atoms with E-state index in [0.29, 0.717) is 29.9 Å². The van der Waals surface area contributed by atoms with Gasteiger partial charge in [-0.05, 0) is 30.5 Å². The van der Waals surface area contributed by atoms with Crippen LogP contribution in [0, 0.1) is 16.0 Å². The van der Waals surface area contributed by atoms with E-state index in [1.807, 2.05) is 28.8 Å². The third kappa shape index (κ3) is 4.79. The predicted molar refractivity (Wildman–Crippen MR) is 127 cm³/mol. The molecule has 1 saturated heterocycles. The van der Waals surface area contributed by atoms with Crippen LogP contribution < -0.4 is 5.32 Å². The van der Waals surface area contributed by atoms with Gasteiger partial charge < -0.3 is 4.57 Å². The van der Waals surface area contributed by atoms with Gasteiger partial charge in [0.2, 0.25) is 11.9 Å². The van der Waals surface area contributed by atoms with Gasteiger partial charge in [-0.3, -0.25) is 20.2 Å². The number of fused-ring (bicyclic) bond motifs is 1. The number of carbonyl (C=O) groups is 1. The van der Waals surface area contributed by atoms with Crippen molar-refractivity contribution in [2.75, 3.05) is 32.5 Å². The Morgan fingerprint density at radius 1 is 1.18 bits per heavy atom. The summed E-state index contributed by atoms with van der Waals surface area (Å²) in [6.45, 7) is 0.822. The number of nitro groups is 1. The number of imidazole rings is 1. The number of non-ortho nitro benzene ring substituents is 1. The Morgan fingerprint density at radius 2 is 1.88 bits per heavy atom. The number of hydrogen-bond donors (Lipinski definition) is 1. The standard InChI is InChI=1S/C22H26N6O5S/c1-25(2)34(32,33)26-12-10-17(11-13-26)21(29)24-22-23-19-8-3-4-9-20(19)27(22)15-16-6-5-7-18(14-16)28(30)31/h3-9,14,17H,10-13,15H2,1-2H3,(H,23,24,29). The highest BCUT2D eigenvalue weighted by Crippen LogP contribution is 2.25. The first-order valence-electron chi connectivity index (χ1n) is 10.8. The molecule has 180 valence electrons. The fourth-order valence-electron chi connectivity index (χ4n) is 4.07. The molecule has 4 rings (SSSR count). The molecule has 12 heteroatoms. The van der Waals surface area contributed by atoms with E-state index < -0.39 is 15.1 Å². The zero-order chi connectivity index (χ0) is 24.5. The predicted octanol–water partition coefficient (Wildman–Crippen LogP) is 2.45. The number of benzene rings is 2. The Hall–Kier alpha value is -3.35. The fourth-order valence-corrected chi connectivity index (χ4v) is 5.21. The summed E-state index contributed by atoms with van der Waals surface area (Å²) in [7, 11) is -0.534. The van der Waals surface area contributed by atoms with Crippen LogP contribution in [0.15, 0.2) is 48.5 Å². The molecule has 0 atom stereocenters. The van der Waals surface area contributed by atoms with Crippen LogP contribution in [-0.4, -0.2) is 64.6 Å². The van der Waals surface area contributed by atoms with Crippen molar-refractivity contribution in [2.24, 2.45) is 5.92 Å². The number of carbonyl (C=O) groups excluding carboxylic acids is 1. The van der Waals surface area contributed by atoms with Gasteiger partial charge in [-0.25, -0.2) is 4.98 Å². The summed E-state index contributed by atoms with van der Waals surface area (Å²) in [5, 5.41) is 14.1. The number of anilines is 1. The summed E-state index contributed by atoms with van der Waals surface area (Å²) in [6, 6.07) is 13.8. The molecule has 1 fully saturated rings. The maximum Gasteiger partial charge on any atom is 0.281 e. The summed E-state index contributed by atoms with van der Waals surface area (Å²) in [6.07, 6.45) is 0.814. The molecule has 0 radical (unpaired) electrons. The minimum atomic E-state index is -3.51. The van der Waals surface area contributed by atoms with Crippen LogP contribution in [0.25, 0.3) is 11.0 Å². The summed E-state index contributed by atoms with van der Waals surface area (Å²) in [5.74, 6) is -0.224. The summed E-state index contributed by atoms with van der Waals surface area (Å²) in [4.78, 5) is 28.3. The SMILES string of the molecule is CN(C)S(=O)(=O)N1CCC(C(=O)Nc2nc3ccccc3n2Cc2cccc([N+](=O)[O-])c2)CC1. The second-order valence-corrected chi connectivity index (χ2v) is 10.5. The first kappa shape index (κ1) is 23.8. The molecule has 0 spiro atoms. The molecule has 1 aromatic heterocycles. The molecule has 0 unspecified atom stereocenters. The van der Waals surface area contributed by atoms with Gasteiger partial charge in [0.25, 0.3) is 15.9 Å². The number of piperidine rings is 1. The lowest BCUT2D eigenvalue weighted by atomic mass is 9.97. The van der Waals surface area contributed by atoms with Crippen LogP contribution in [0.5, 0.6) is 0 Å². The van der Waals surface area contributed by atoms with E-state index in [9.17, 15) is 23.3 Å². The number of nitrogens with one attached hydrogen (secondary N) is 1. The third-order valence-corrected chi connectivity index (χ3v) is 7.90. The summed E-state index contributed by atoms with van der Waals surface area (Å²) < 4.78 is 29.0. The first-order valence-corrected chi connectivity index (χ1v) is 12.2. The van der Waals surface area contributed by atoms with E-state index in [1.54, 1.807) is 12.1 Å². The first-order chi connectivity index (χ1) is 16.2. The Balaban J connectivity index is 1.54. The van der Waals surface area contributed by atoms with E-state index in [0.717, 1.165) is 5.52 Å². The Labute approximate surface area is 197 Å². The van der Waals surface area contributed by atoms with Crippen molar-refractivity contribution in [3.8, 4) is 0 Å². The smallest absolute Gasteiger partial charge is 0.281 e. The van der Waals surface area contributed by atoms with Crippen molar-refractivity contribution in [3.05, 3.63) is 64.2 Å². The molecule has 1 amide bonds. The van der Waals surface area contributed by atoms with Crippen LogP contribution in [0.3, 0.4) is 0 Å². The van der Waals surface area contributed by atoms with Crippen molar-refractivity contribution in [1.82, 2.24) is 18.2 Å². The molecule has 34 heavy (non-hydrogen) atoms. The van der Waals surface area contributed by atoms with Crippen LogP contribution >= 0.6 is 0 Å². The molecule has 0 aliphatic carbocycles. The molecule has 1 aliphatic heterocycles. The van der Waals surface area contributed by atoms with Gasteiger partial charge in [-0.1, -0.05) is 24.3 Å². The molecule has 2 heterocycles. The van der Waals surface area contributed by atoms with Crippen molar-refractivity contribution in [1.29, 1.82) is 0 Å². The molecular formula is C22H26N6O5S. The molecule has 0 bridgehead atoms. The maximum atomic E-state index is 13.1. The zero-order valence-corrected chi connectivity index (χ0v) is 19.7. The normalized spacial score (nSPS) is 15.6. The Bertz CT molecular complexity index is 1330. The highest BCUT2D eigenvalue weighted by atomic mass is 32.2. The van der Waals surface area contributed by atoms with Crippen molar-refractivity contribution in [3.63, 3.8) is 0 Å². The number of nitrogens with zero attached hydrogens (tertiary/aromatic N) is 5. The number of amides is 1. The van der Waals surface area contributed by atoms with Crippen LogP contribution in [0.4, 0.5) is 11.6 Å². The average molecular weight is 487 g/mol. The highest BCUT2D eigenvalue weighted by Gasteiger charge is 2.32. The van der Waals surface area contributed by atoms with E-state index in [4.69, 9.17) is 0 Å². The van der Waals surface area contributed by atoms with Gasteiger partial charge in [0.1, 0.15) is 0 Å². The second-order valence-electron chi connectivity index (χ2n) is 8.39.